The molecule has 8 aromatic carbocycles. The Morgan fingerprint density at radius 3 is 0.973 bits per heavy atom. The van der Waals surface area contributed by atoms with E-state index < -0.39 is 0 Å². The molecule has 0 fully saturated rings. The molecule has 12 nitrogen and oxygen atoms in total. The second-order valence-corrected chi connectivity index (χ2v) is 17.3. The molecule has 13 heteroatoms. The summed E-state index contributed by atoms with van der Waals surface area (Å²) in [7, 11) is 0. The molecular formula is C60H40N8O4Zn. The summed E-state index contributed by atoms with van der Waals surface area (Å²) in [5, 5.41) is 2.75. The minimum Gasteiger partial charge on any atom is -0.488 e. The first kappa shape index (κ1) is 45.1. The zero-order valence-electron chi connectivity index (χ0n) is 39.2. The Morgan fingerprint density at radius 2 is 0.603 bits per heavy atom. The minimum atomic E-state index is 0. The molecule has 73 heavy (non-hydrogen) atoms. The van der Waals surface area contributed by atoms with Crippen LogP contribution in [-0.2, 0) is 45.9 Å². The second kappa shape index (κ2) is 19.6. The third-order valence-electron chi connectivity index (χ3n) is 12.6. The van der Waals surface area contributed by atoms with Gasteiger partial charge in [-0.05, 0) is 57.3 Å². The fraction of sp³-hybridized carbons (Fsp3) is 0.0667. The fourth-order valence-electron chi connectivity index (χ4n) is 9.15. The van der Waals surface area contributed by atoms with Crippen molar-refractivity contribution in [2.24, 2.45) is 0 Å². The van der Waals surface area contributed by atoms with Crippen LogP contribution in [-0.4, -0.2) is 29.9 Å². The van der Waals surface area contributed by atoms with Crippen molar-refractivity contribution < 1.29 is 38.4 Å². The number of fused-ring (bicyclic) bond motifs is 20. The third-order valence-corrected chi connectivity index (χ3v) is 12.6. The van der Waals surface area contributed by atoms with E-state index in [2.05, 4.69) is 0 Å². The predicted molar refractivity (Wildman–Crippen MR) is 277 cm³/mol. The Balaban J connectivity index is 0.00000543. The van der Waals surface area contributed by atoms with Gasteiger partial charge in [0.15, 0.2) is 0 Å². The Hall–Kier alpha value is -9.06. The average Bonchev–Trinajstić information content (AvgIpc) is 4.18. The van der Waals surface area contributed by atoms with Gasteiger partial charge in [0, 0.05) is 44.5 Å². The van der Waals surface area contributed by atoms with E-state index in [0.717, 1.165) is 22.3 Å². The molecule has 2 aliphatic heterocycles. The molecule has 0 N–H and O–H groups in total. The van der Waals surface area contributed by atoms with Crippen molar-refractivity contribution in [1.29, 1.82) is 0 Å². The van der Waals surface area contributed by atoms with Crippen LogP contribution in [0.1, 0.15) is 22.3 Å². The third kappa shape index (κ3) is 8.81. The molecule has 0 saturated carbocycles. The number of aromatic nitrogens is 8. The van der Waals surface area contributed by atoms with Crippen LogP contribution in [0.2, 0.25) is 0 Å². The summed E-state index contributed by atoms with van der Waals surface area (Å²) in [6.45, 7) is 1.29. The van der Waals surface area contributed by atoms with Gasteiger partial charge in [-0.2, -0.15) is 0 Å². The molecule has 0 unspecified atom stereocenters. The zero-order valence-corrected chi connectivity index (χ0v) is 42.2. The summed E-state index contributed by atoms with van der Waals surface area (Å²) in [5.41, 5.74) is 8.30. The van der Waals surface area contributed by atoms with Gasteiger partial charge in [0.1, 0.15) is 49.4 Å². The molecule has 8 bridgehead atoms. The van der Waals surface area contributed by atoms with Gasteiger partial charge in [0.25, 0.3) is 0 Å². The van der Waals surface area contributed by atoms with E-state index in [-0.39, 0.29) is 19.5 Å². The summed E-state index contributed by atoms with van der Waals surface area (Å²) in [5.74, 6) is 3.83. The first-order valence-electron chi connectivity index (χ1n) is 23.6. The molecule has 13 rings (SSSR count). The Kier molecular flexibility index (Phi) is 12.1. The van der Waals surface area contributed by atoms with E-state index in [9.17, 15) is 0 Å². The van der Waals surface area contributed by atoms with Crippen LogP contribution in [0.3, 0.4) is 0 Å². The van der Waals surface area contributed by atoms with Gasteiger partial charge in [0.2, 0.25) is 0 Å². The molecular weight excluding hydrogens is 962 g/mol. The topological polar surface area (TPSA) is 142 Å². The SMILES string of the molecule is [Zn+2].c1ccc(COc2cccc3c2-c2nc-3nc3[n-]c(nc4nc(nc5[n-]c(n2)c2cccc(OCc6ccccc6)c52)-c2cccc(OCc5ccccc5)c2-4)c2cccc(OCc4ccccc4)c32)cc1. The Bertz CT molecular complexity index is 3740. The minimum absolute atomic E-state index is 0. The summed E-state index contributed by atoms with van der Waals surface area (Å²) in [4.78, 5) is 41.9. The summed E-state index contributed by atoms with van der Waals surface area (Å²) in [6.07, 6.45) is 0. The molecule has 0 aliphatic carbocycles. The van der Waals surface area contributed by atoms with Crippen LogP contribution < -0.4 is 28.9 Å². The molecule has 0 saturated heterocycles. The zero-order chi connectivity index (χ0) is 47.8. The number of hydrogen-bond acceptors (Lipinski definition) is 10. The van der Waals surface area contributed by atoms with Crippen LogP contribution in [0.25, 0.3) is 89.7 Å². The van der Waals surface area contributed by atoms with E-state index >= 15 is 0 Å². The van der Waals surface area contributed by atoms with Crippen molar-refractivity contribution in [2.45, 2.75) is 26.4 Å². The number of nitrogens with zero attached hydrogens (tertiary/aromatic N) is 8. The largest absolute Gasteiger partial charge is 2.00 e. The summed E-state index contributed by atoms with van der Waals surface area (Å²) < 4.78 is 26.4. The maximum atomic E-state index is 6.60. The van der Waals surface area contributed by atoms with Gasteiger partial charge in [-0.25, -0.2) is 9.97 Å². The standard InChI is InChI=1S/C60H40N8O4.Zn/c1-5-17-37(18-6-1)33-69-45-29-13-25-41-49(45)57-61-53(41)66-58-51-43(27-15-31-47(51)71-35-39-21-9-3-10-22-39)55(63-58)68-60-52-44(28-16-32-48(52)72-36-40-23-11-4-12-24-40)56(64-60)67-59-50-42(54(62-59)65-57)26-14-30-46(50)70-34-38-19-7-2-8-20-38;/h1-32H,33-36H2;/q-2;+2. The van der Waals surface area contributed by atoms with Gasteiger partial charge in [-0.15, -0.1) is 0 Å². The molecule has 11 aromatic rings. The fourth-order valence-corrected chi connectivity index (χ4v) is 9.15. The normalized spacial score (nSPS) is 11.4. The Labute approximate surface area is 431 Å². The van der Waals surface area contributed by atoms with Crippen molar-refractivity contribution in [3.8, 4) is 68.5 Å². The second-order valence-electron chi connectivity index (χ2n) is 17.3. The maximum absolute atomic E-state index is 6.60. The number of ether oxygens (including phenoxy) is 4. The average molecular weight is 1000 g/mol. The van der Waals surface area contributed by atoms with Gasteiger partial charge < -0.3 is 48.9 Å². The number of hydrogen-bond donors (Lipinski definition) is 0. The van der Waals surface area contributed by atoms with Crippen LogP contribution in [0.5, 0.6) is 23.0 Å². The predicted octanol–water partition coefficient (Wildman–Crippen LogP) is 12.4. The molecule has 346 valence electrons. The van der Waals surface area contributed by atoms with E-state index in [1.165, 1.54) is 0 Å². The van der Waals surface area contributed by atoms with Crippen molar-refractivity contribution in [3.05, 3.63) is 216 Å². The van der Waals surface area contributed by atoms with E-state index in [4.69, 9.17) is 58.8 Å². The van der Waals surface area contributed by atoms with Crippen LogP contribution in [0.15, 0.2) is 194 Å². The van der Waals surface area contributed by atoms with Gasteiger partial charge in [-0.1, -0.05) is 170 Å². The van der Waals surface area contributed by atoms with E-state index in [1.807, 2.05) is 194 Å². The van der Waals surface area contributed by atoms with Gasteiger partial charge in [0.05, 0.1) is 34.4 Å². The van der Waals surface area contributed by atoms with Gasteiger partial charge in [-0.3, -0.25) is 0 Å². The van der Waals surface area contributed by atoms with Crippen molar-refractivity contribution in [1.82, 2.24) is 39.9 Å². The monoisotopic (exact) mass is 1000 g/mol. The van der Waals surface area contributed by atoms with Crippen LogP contribution in [0, 0.1) is 0 Å². The molecule has 5 heterocycles. The molecule has 0 spiro atoms. The van der Waals surface area contributed by atoms with Crippen LogP contribution >= 0.6 is 0 Å². The molecule has 3 aromatic heterocycles. The van der Waals surface area contributed by atoms with E-state index in [0.29, 0.717) is 139 Å². The smallest absolute Gasteiger partial charge is 0.488 e. The van der Waals surface area contributed by atoms with Crippen molar-refractivity contribution in [3.63, 3.8) is 0 Å². The number of benzene rings is 8. The molecule has 0 atom stereocenters. The van der Waals surface area contributed by atoms with Crippen molar-refractivity contribution >= 4 is 44.1 Å². The first-order chi connectivity index (χ1) is 35.7. The van der Waals surface area contributed by atoms with Gasteiger partial charge >= 0.3 is 19.5 Å². The quantitative estimate of drug-likeness (QED) is 0.108. The first-order valence-corrected chi connectivity index (χ1v) is 23.6. The Morgan fingerprint density at radius 1 is 0.288 bits per heavy atom. The van der Waals surface area contributed by atoms with Crippen LogP contribution in [0.4, 0.5) is 0 Å². The maximum Gasteiger partial charge on any atom is 2.00 e. The molecule has 0 radical (unpaired) electrons. The number of rotatable bonds is 12. The summed E-state index contributed by atoms with van der Waals surface area (Å²) >= 11 is 0. The van der Waals surface area contributed by atoms with Crippen molar-refractivity contribution in [2.75, 3.05) is 0 Å². The summed E-state index contributed by atoms with van der Waals surface area (Å²) in [6, 6.07) is 63.5. The molecule has 0 amide bonds. The molecule has 2 aliphatic rings. The van der Waals surface area contributed by atoms with E-state index in [1.54, 1.807) is 0 Å².